The van der Waals surface area contributed by atoms with Gasteiger partial charge in [-0.3, -0.25) is 0 Å². The summed E-state index contributed by atoms with van der Waals surface area (Å²) in [7, 11) is 0. The minimum absolute atomic E-state index is 0.0224. The molecular weight excluding hydrogens is 250 g/mol. The van der Waals surface area contributed by atoms with Gasteiger partial charge in [0.25, 0.3) is 0 Å². The maximum absolute atomic E-state index is 5.90. The molecule has 0 spiro atoms. The van der Waals surface area contributed by atoms with E-state index in [0.29, 0.717) is 10.6 Å². The van der Waals surface area contributed by atoms with Gasteiger partial charge >= 0.3 is 0 Å². The van der Waals surface area contributed by atoms with Crippen molar-refractivity contribution in [2.24, 2.45) is 0 Å². The lowest BCUT2D eigenvalue weighted by Gasteiger charge is -2.03. The van der Waals surface area contributed by atoms with Crippen LogP contribution in [0, 0.1) is 6.92 Å². The van der Waals surface area contributed by atoms with Crippen molar-refractivity contribution in [1.29, 1.82) is 0 Å². The second-order valence-electron chi connectivity index (χ2n) is 2.56. The molecule has 0 aromatic heterocycles. The summed E-state index contributed by atoms with van der Waals surface area (Å²) in [5, 5.41) is 0.812. The van der Waals surface area contributed by atoms with Gasteiger partial charge in [-0.25, -0.2) is 0 Å². The Morgan fingerprint density at radius 3 is 2.31 bits per heavy atom. The quantitative estimate of drug-likeness (QED) is 0.663. The zero-order valence-corrected chi connectivity index (χ0v) is 9.77. The average molecular weight is 256 g/mol. The van der Waals surface area contributed by atoms with Crippen LogP contribution in [0.5, 0.6) is 0 Å². The number of benzene rings is 1. The molecule has 0 N–H and O–H groups in total. The highest BCUT2D eigenvalue weighted by Gasteiger charge is 2.07. The lowest BCUT2D eigenvalue weighted by molar-refractivity contribution is 1.46. The second-order valence-corrected chi connectivity index (χ2v) is 4.29. The van der Waals surface area contributed by atoms with Gasteiger partial charge in [-0.1, -0.05) is 58.0 Å². The molecule has 0 bridgehead atoms. The van der Waals surface area contributed by atoms with Crippen molar-refractivity contribution in [2.45, 2.75) is 6.92 Å². The second kappa shape index (κ2) is 4.56. The predicted molar refractivity (Wildman–Crippen MR) is 60.7 cm³/mol. The van der Waals surface area contributed by atoms with Crippen LogP contribution in [0.2, 0.25) is 5.02 Å². The van der Waals surface area contributed by atoms with Crippen LogP contribution in [0.3, 0.4) is 0 Å². The van der Waals surface area contributed by atoms with Crippen LogP contribution in [0.1, 0.15) is 11.1 Å². The Labute approximate surface area is 97.0 Å². The Kier molecular flexibility index (Phi) is 3.93. The third kappa shape index (κ3) is 2.78. The van der Waals surface area contributed by atoms with Gasteiger partial charge in [0.2, 0.25) is 0 Å². The number of aryl methyl sites for hydroxylation is 1. The van der Waals surface area contributed by atoms with E-state index in [1.54, 1.807) is 6.07 Å². The first-order valence-electron chi connectivity index (χ1n) is 3.49. The Hall–Kier alpha value is 0.120. The van der Waals surface area contributed by atoms with Crippen molar-refractivity contribution in [3.05, 3.63) is 38.8 Å². The molecule has 0 aliphatic heterocycles. The van der Waals surface area contributed by atoms with Gasteiger partial charge in [0.05, 0.1) is 5.03 Å². The molecule has 0 heterocycles. The summed E-state index contributed by atoms with van der Waals surface area (Å²) in [5.41, 5.74) is 1.70. The number of rotatable bonds is 1. The smallest absolute Gasteiger partial charge is 0.0836 e. The molecule has 0 atom stereocenters. The summed E-state index contributed by atoms with van der Waals surface area (Å²) < 4.78 is 0.0224. The minimum atomic E-state index is 0.0224. The molecule has 0 fully saturated rings. The lowest BCUT2D eigenvalue weighted by atomic mass is 10.1. The van der Waals surface area contributed by atoms with E-state index in [-0.39, 0.29) is 9.52 Å². The van der Waals surface area contributed by atoms with Crippen LogP contribution in [-0.4, -0.2) is 0 Å². The van der Waals surface area contributed by atoms with E-state index in [1.807, 2.05) is 19.1 Å². The fraction of sp³-hybridized carbons (Fsp3) is 0.111. The maximum Gasteiger partial charge on any atom is 0.126 e. The highest BCUT2D eigenvalue weighted by atomic mass is 35.5. The largest absolute Gasteiger partial charge is 0.126 e. The van der Waals surface area contributed by atoms with Crippen LogP contribution in [-0.2, 0) is 0 Å². The zero-order valence-electron chi connectivity index (χ0n) is 6.74. The number of hydrogen-bond donors (Lipinski definition) is 0. The van der Waals surface area contributed by atoms with Crippen molar-refractivity contribution in [3.63, 3.8) is 0 Å². The molecule has 1 rings (SSSR count). The number of halogens is 4. The fourth-order valence-electron chi connectivity index (χ4n) is 0.909. The Balaban J connectivity index is 3.29. The van der Waals surface area contributed by atoms with Crippen LogP contribution in [0.25, 0.3) is 5.03 Å². The number of hydrogen-bond acceptors (Lipinski definition) is 0. The van der Waals surface area contributed by atoms with Crippen LogP contribution >= 0.6 is 46.4 Å². The molecule has 70 valence electrons. The van der Waals surface area contributed by atoms with Crippen LogP contribution < -0.4 is 0 Å². The monoisotopic (exact) mass is 254 g/mol. The third-order valence-corrected chi connectivity index (χ3v) is 2.82. The van der Waals surface area contributed by atoms with Crippen molar-refractivity contribution in [1.82, 2.24) is 0 Å². The van der Waals surface area contributed by atoms with Crippen molar-refractivity contribution >= 4 is 51.4 Å². The normalized spacial score (nSPS) is 9.92. The molecular formula is C9H6Cl4. The summed E-state index contributed by atoms with van der Waals surface area (Å²) in [6.07, 6.45) is 0. The summed E-state index contributed by atoms with van der Waals surface area (Å²) in [4.78, 5) is 0. The summed E-state index contributed by atoms with van der Waals surface area (Å²) >= 11 is 22.8. The maximum atomic E-state index is 5.90. The standard InChI is InChI=1S/C9H6Cl4/c1-5-2-3-7(10)6(4-5)8(11)9(12)13/h2-4H,1H3. The van der Waals surface area contributed by atoms with E-state index in [0.717, 1.165) is 5.56 Å². The molecule has 0 radical (unpaired) electrons. The minimum Gasteiger partial charge on any atom is -0.0836 e. The van der Waals surface area contributed by atoms with Crippen LogP contribution in [0.15, 0.2) is 22.7 Å². The van der Waals surface area contributed by atoms with Gasteiger partial charge in [-0.05, 0) is 19.1 Å². The Morgan fingerprint density at radius 1 is 1.15 bits per heavy atom. The van der Waals surface area contributed by atoms with E-state index in [2.05, 4.69) is 0 Å². The lowest BCUT2D eigenvalue weighted by Crippen LogP contribution is -1.82. The summed E-state index contributed by atoms with van der Waals surface area (Å²) in [6.45, 7) is 1.94. The fourth-order valence-corrected chi connectivity index (χ4v) is 1.53. The van der Waals surface area contributed by atoms with E-state index >= 15 is 0 Å². The topological polar surface area (TPSA) is 0 Å². The molecule has 0 saturated heterocycles. The molecule has 0 unspecified atom stereocenters. The van der Waals surface area contributed by atoms with E-state index in [4.69, 9.17) is 46.4 Å². The van der Waals surface area contributed by atoms with E-state index in [1.165, 1.54) is 0 Å². The SMILES string of the molecule is Cc1ccc(Cl)c(C(Cl)=C(Cl)Cl)c1. The van der Waals surface area contributed by atoms with Gasteiger partial charge in [-0.15, -0.1) is 0 Å². The van der Waals surface area contributed by atoms with Gasteiger partial charge in [-0.2, -0.15) is 0 Å². The van der Waals surface area contributed by atoms with Crippen molar-refractivity contribution < 1.29 is 0 Å². The molecule has 0 aliphatic carbocycles. The molecule has 0 amide bonds. The van der Waals surface area contributed by atoms with Crippen molar-refractivity contribution in [2.75, 3.05) is 0 Å². The van der Waals surface area contributed by atoms with E-state index < -0.39 is 0 Å². The summed E-state index contributed by atoms with van der Waals surface area (Å²) in [5.74, 6) is 0. The Morgan fingerprint density at radius 2 is 1.77 bits per heavy atom. The van der Waals surface area contributed by atoms with E-state index in [9.17, 15) is 0 Å². The zero-order chi connectivity index (χ0) is 10.0. The van der Waals surface area contributed by atoms with Crippen molar-refractivity contribution in [3.8, 4) is 0 Å². The molecule has 13 heavy (non-hydrogen) atoms. The average Bonchev–Trinajstić information content (AvgIpc) is 2.08. The van der Waals surface area contributed by atoms with Gasteiger partial charge in [0.1, 0.15) is 4.49 Å². The third-order valence-electron chi connectivity index (χ3n) is 1.52. The Bertz CT molecular complexity index is 351. The first kappa shape index (κ1) is 11.2. The molecule has 1 aromatic rings. The van der Waals surface area contributed by atoms with Gasteiger partial charge in [0, 0.05) is 10.6 Å². The van der Waals surface area contributed by atoms with Crippen LogP contribution in [0.4, 0.5) is 0 Å². The summed E-state index contributed by atoms with van der Waals surface area (Å²) in [6, 6.07) is 5.47. The first-order chi connectivity index (χ1) is 6.02. The highest BCUT2D eigenvalue weighted by molar-refractivity contribution is 6.67. The predicted octanol–water partition coefficient (Wildman–Crippen LogP) is 4.99. The molecule has 0 saturated carbocycles. The first-order valence-corrected chi connectivity index (χ1v) is 5.01. The molecule has 1 aromatic carbocycles. The van der Waals surface area contributed by atoms with Gasteiger partial charge in [0.15, 0.2) is 0 Å². The highest BCUT2D eigenvalue weighted by Crippen LogP contribution is 2.33. The van der Waals surface area contributed by atoms with Gasteiger partial charge < -0.3 is 0 Å². The molecule has 0 nitrogen and oxygen atoms in total. The molecule has 4 heteroatoms. The molecule has 0 aliphatic rings.